The number of aryl methyl sites for hydroxylation is 3. The molecule has 5 rings (SSSR count). The molecule has 0 N–H and O–H groups in total. The molecule has 0 aliphatic rings. The molecule has 0 fully saturated rings. The lowest BCUT2D eigenvalue weighted by Gasteiger charge is -1.99. The van der Waals surface area contributed by atoms with Gasteiger partial charge in [-0.05, 0) is 74.9 Å². The van der Waals surface area contributed by atoms with E-state index in [1.54, 1.807) is 34.0 Å². The first-order valence-corrected chi connectivity index (χ1v) is 23.2. The minimum Gasteiger partial charge on any atom is -0.297 e. The normalized spacial score (nSPS) is 11.3. The van der Waals surface area contributed by atoms with Gasteiger partial charge in [-0.25, -0.2) is 9.97 Å². The third-order valence-corrected chi connectivity index (χ3v) is 14.6. The second kappa shape index (κ2) is 23.7. The highest BCUT2D eigenvalue weighted by Gasteiger charge is 2.15. The number of nitrogens with zero attached hydrogens (tertiary/aromatic N) is 2. The van der Waals surface area contributed by atoms with Crippen LogP contribution in [0.4, 0.5) is 0 Å². The number of hydrogen-bond donors (Lipinski definition) is 0. The molecule has 0 aliphatic heterocycles. The highest BCUT2D eigenvalue weighted by atomic mass is 32.1. The van der Waals surface area contributed by atoms with E-state index >= 15 is 0 Å². The Morgan fingerprint density at radius 2 is 0.816 bits per heavy atom. The summed E-state index contributed by atoms with van der Waals surface area (Å²) in [6.45, 7) is 6.80. The summed E-state index contributed by atoms with van der Waals surface area (Å²) >= 11 is 8.97. The first-order valence-electron chi connectivity index (χ1n) is 19.1. The van der Waals surface area contributed by atoms with Crippen molar-refractivity contribution in [1.82, 2.24) is 9.97 Å². The van der Waals surface area contributed by atoms with Crippen LogP contribution in [-0.4, -0.2) is 16.3 Å². The zero-order chi connectivity index (χ0) is 34.5. The van der Waals surface area contributed by atoms with Gasteiger partial charge in [0, 0.05) is 14.6 Å². The van der Waals surface area contributed by atoms with Crippen molar-refractivity contribution >= 4 is 72.6 Å². The lowest BCUT2D eigenvalue weighted by molar-refractivity contribution is 0.112. The average Bonchev–Trinajstić information content (AvgIpc) is 3.95. The van der Waals surface area contributed by atoms with Gasteiger partial charge in [0.1, 0.15) is 10.0 Å². The number of carbonyl (C=O) groups is 1. The standard InChI is InChI=1S/C28H38N2S4.C13H20OS/c1-3-5-7-9-11-13-15-21-17-19-23(31-21)25-29-27-28(33-25)30-26(34-27)24-20-18-22(32-24)16-14-12-10-8-6-4-2;1-2-3-4-5-6-7-8-12-9-10-13(11-14)15-12/h17-20H,3-16H2,1-2H3;9-11H,2-8H2,1H3. The van der Waals surface area contributed by atoms with E-state index in [0.717, 1.165) is 37.3 Å². The second-order valence-corrected chi connectivity index (χ2v) is 18.6. The fraction of sp³-hybridized carbons (Fsp3) is 0.585. The first kappa shape index (κ1) is 40.1. The quantitative estimate of drug-likeness (QED) is 0.0465. The third kappa shape index (κ3) is 14.4. The van der Waals surface area contributed by atoms with Crippen LogP contribution in [0.2, 0.25) is 0 Å². The Labute approximate surface area is 316 Å². The molecule has 268 valence electrons. The van der Waals surface area contributed by atoms with Crippen molar-refractivity contribution in [2.75, 3.05) is 0 Å². The molecule has 0 atom stereocenters. The zero-order valence-electron chi connectivity index (χ0n) is 30.2. The van der Waals surface area contributed by atoms with Crippen molar-refractivity contribution in [3.63, 3.8) is 0 Å². The topological polar surface area (TPSA) is 42.9 Å². The summed E-state index contributed by atoms with van der Waals surface area (Å²) in [5.74, 6) is 0. The molecule has 0 spiro atoms. The molecule has 0 aromatic carbocycles. The van der Waals surface area contributed by atoms with Gasteiger partial charge in [0.05, 0.1) is 14.6 Å². The van der Waals surface area contributed by atoms with Gasteiger partial charge in [-0.15, -0.1) is 34.0 Å². The minimum absolute atomic E-state index is 0.857. The number of carbonyl (C=O) groups excluding carboxylic acids is 1. The van der Waals surface area contributed by atoms with Crippen LogP contribution in [0.1, 0.15) is 161 Å². The van der Waals surface area contributed by atoms with Gasteiger partial charge in [-0.1, -0.05) is 140 Å². The van der Waals surface area contributed by atoms with E-state index in [1.807, 2.05) is 28.7 Å². The van der Waals surface area contributed by atoms with E-state index in [4.69, 9.17) is 9.97 Å². The number of hydrogen-bond acceptors (Lipinski definition) is 8. The molecule has 5 aromatic rings. The monoisotopic (exact) mass is 754 g/mol. The smallest absolute Gasteiger partial charge is 0.160 e. The number of thiophene rings is 3. The SMILES string of the molecule is CCCCCCCCc1ccc(-c2nc3sc(-c4ccc(CCCCCCCC)s4)nc3s2)s1.CCCCCCCCc1ccc(C=O)s1. The Morgan fingerprint density at radius 3 is 1.20 bits per heavy atom. The van der Waals surface area contributed by atoms with Crippen LogP contribution in [0, 0.1) is 0 Å². The summed E-state index contributed by atoms with van der Waals surface area (Å²) in [6, 6.07) is 13.1. The number of thiazole rings is 2. The second-order valence-electron chi connectivity index (χ2n) is 13.2. The highest BCUT2D eigenvalue weighted by Crippen LogP contribution is 2.40. The summed E-state index contributed by atoms with van der Waals surface area (Å²) in [5.41, 5.74) is 0. The lowest BCUT2D eigenvalue weighted by Crippen LogP contribution is -1.82. The highest BCUT2D eigenvalue weighted by molar-refractivity contribution is 7.32. The third-order valence-electron chi connectivity index (χ3n) is 8.85. The van der Waals surface area contributed by atoms with Crippen LogP contribution >= 0.6 is 56.7 Å². The van der Waals surface area contributed by atoms with Crippen LogP contribution < -0.4 is 0 Å². The van der Waals surface area contributed by atoms with Gasteiger partial charge in [0.15, 0.2) is 15.9 Å². The average molecular weight is 755 g/mol. The molecule has 49 heavy (non-hydrogen) atoms. The van der Waals surface area contributed by atoms with Crippen molar-refractivity contribution in [1.29, 1.82) is 0 Å². The molecule has 0 amide bonds. The molecule has 3 nitrogen and oxygen atoms in total. The van der Waals surface area contributed by atoms with Gasteiger partial charge in [0.25, 0.3) is 0 Å². The molecule has 0 unspecified atom stereocenters. The van der Waals surface area contributed by atoms with E-state index in [0.29, 0.717) is 0 Å². The molecule has 0 saturated heterocycles. The van der Waals surface area contributed by atoms with Gasteiger partial charge in [0.2, 0.25) is 0 Å². The summed E-state index contributed by atoms with van der Waals surface area (Å²) in [5, 5.41) is 2.27. The summed E-state index contributed by atoms with van der Waals surface area (Å²) in [7, 11) is 0. The molecule has 5 heterocycles. The van der Waals surface area contributed by atoms with Crippen molar-refractivity contribution in [2.45, 2.75) is 156 Å². The van der Waals surface area contributed by atoms with E-state index in [-0.39, 0.29) is 0 Å². The molecule has 8 heteroatoms. The molecule has 0 bridgehead atoms. The first-order chi connectivity index (χ1) is 24.1. The van der Waals surface area contributed by atoms with Crippen LogP contribution in [0.25, 0.3) is 29.4 Å². The Kier molecular flexibility index (Phi) is 19.4. The van der Waals surface area contributed by atoms with E-state index < -0.39 is 0 Å². The molecule has 0 saturated carbocycles. The maximum Gasteiger partial charge on any atom is 0.160 e. The van der Waals surface area contributed by atoms with Gasteiger partial charge in [-0.2, -0.15) is 0 Å². The fourth-order valence-electron chi connectivity index (χ4n) is 5.94. The van der Waals surface area contributed by atoms with Crippen molar-refractivity contribution < 1.29 is 4.79 Å². The molecule has 0 aliphatic carbocycles. The van der Waals surface area contributed by atoms with Crippen molar-refractivity contribution in [3.8, 4) is 19.8 Å². The van der Waals surface area contributed by atoms with Gasteiger partial charge < -0.3 is 0 Å². The maximum absolute atomic E-state index is 10.5. The summed E-state index contributed by atoms with van der Waals surface area (Å²) in [4.78, 5) is 30.4. The lowest BCUT2D eigenvalue weighted by atomic mass is 10.1. The van der Waals surface area contributed by atoms with Crippen molar-refractivity contribution in [2.24, 2.45) is 0 Å². The Balaban J connectivity index is 0.000000302. The minimum atomic E-state index is 0.857. The van der Waals surface area contributed by atoms with E-state index in [1.165, 1.54) is 153 Å². The predicted molar refractivity (Wildman–Crippen MR) is 223 cm³/mol. The van der Waals surface area contributed by atoms with E-state index in [2.05, 4.69) is 51.1 Å². The van der Waals surface area contributed by atoms with E-state index in [9.17, 15) is 4.79 Å². The fourth-order valence-corrected chi connectivity index (χ4v) is 11.1. The molecule has 0 radical (unpaired) electrons. The van der Waals surface area contributed by atoms with Crippen LogP contribution in [0.3, 0.4) is 0 Å². The molecular formula is C41H58N2OS5. The zero-order valence-corrected chi connectivity index (χ0v) is 34.3. The number of unbranched alkanes of at least 4 members (excludes halogenated alkanes) is 15. The summed E-state index contributed by atoms with van der Waals surface area (Å²) in [6.07, 6.45) is 28.8. The number of fused-ring (bicyclic) bond motifs is 1. The molecule has 5 aromatic heterocycles. The van der Waals surface area contributed by atoms with Crippen molar-refractivity contribution in [3.05, 3.63) is 55.9 Å². The Morgan fingerprint density at radius 1 is 0.449 bits per heavy atom. The molecular weight excluding hydrogens is 697 g/mol. The van der Waals surface area contributed by atoms with Crippen LogP contribution in [0.15, 0.2) is 36.4 Å². The van der Waals surface area contributed by atoms with Crippen LogP contribution in [0.5, 0.6) is 0 Å². The van der Waals surface area contributed by atoms with Crippen LogP contribution in [-0.2, 0) is 19.3 Å². The van der Waals surface area contributed by atoms with Gasteiger partial charge >= 0.3 is 0 Å². The number of aldehydes is 1. The predicted octanol–water partition coefficient (Wildman–Crippen LogP) is 15.5. The van der Waals surface area contributed by atoms with Gasteiger partial charge in [-0.3, -0.25) is 4.79 Å². The summed E-state index contributed by atoms with van der Waals surface area (Å²) < 4.78 is 0. The number of aromatic nitrogens is 2. The number of rotatable bonds is 24. The largest absolute Gasteiger partial charge is 0.297 e. The maximum atomic E-state index is 10.5. The Bertz CT molecular complexity index is 1470. The Hall–Kier alpha value is -1.71.